The number of halogens is 3. The summed E-state index contributed by atoms with van der Waals surface area (Å²) in [7, 11) is -3.42. The monoisotopic (exact) mass is 375 g/mol. The Hall–Kier alpha value is -2.13. The van der Waals surface area contributed by atoms with Gasteiger partial charge in [0.05, 0.1) is 16.6 Å². The summed E-state index contributed by atoms with van der Waals surface area (Å²) in [5.41, 5.74) is -0.596. The van der Waals surface area contributed by atoms with Crippen molar-refractivity contribution in [1.29, 1.82) is 0 Å². The van der Waals surface area contributed by atoms with Gasteiger partial charge in [0.1, 0.15) is 6.61 Å². The number of rotatable bonds is 5. The van der Waals surface area contributed by atoms with E-state index in [2.05, 4.69) is 4.98 Å². The summed E-state index contributed by atoms with van der Waals surface area (Å²) in [6, 6.07) is 6.22. The zero-order chi connectivity index (χ0) is 18.8. The molecule has 9 heteroatoms. The number of aliphatic hydroxyl groups excluding tert-OH is 1. The van der Waals surface area contributed by atoms with Crippen LogP contribution in [0.25, 0.3) is 11.1 Å². The highest BCUT2D eigenvalue weighted by atomic mass is 32.2. The summed E-state index contributed by atoms with van der Waals surface area (Å²) >= 11 is 0. The maximum atomic E-state index is 12.9. The van der Waals surface area contributed by atoms with Crippen molar-refractivity contribution in [2.24, 2.45) is 0 Å². The molecular weight excluding hydrogens is 359 g/mol. The Morgan fingerprint density at radius 2 is 1.84 bits per heavy atom. The highest BCUT2D eigenvalue weighted by Gasteiger charge is 2.32. The number of nitrogens with zero attached hydrogens (tertiary/aromatic N) is 1. The summed E-state index contributed by atoms with van der Waals surface area (Å²) in [6.45, 7) is 1.32. The molecule has 0 amide bonds. The Balaban J connectivity index is 2.51. The molecule has 5 nitrogen and oxygen atoms in total. The molecule has 1 aromatic heterocycles. The van der Waals surface area contributed by atoms with Gasteiger partial charge in [0.25, 0.3) is 0 Å². The van der Waals surface area contributed by atoms with Crippen LogP contribution in [0.15, 0.2) is 41.4 Å². The van der Waals surface area contributed by atoms with E-state index in [-0.39, 0.29) is 22.9 Å². The standard InChI is InChI=1S/C16H16F3NO4S/c1-10(21)9-24-15-14(7-12(8-20-15)16(17,18)19)11-3-5-13(6-4-11)25(2,22)23/h3-8,10,21H,9H2,1-2H3. The molecule has 0 aliphatic carbocycles. The molecule has 1 aromatic carbocycles. The molecule has 0 radical (unpaired) electrons. The minimum absolute atomic E-state index is 0.0441. The highest BCUT2D eigenvalue weighted by Crippen LogP contribution is 2.36. The van der Waals surface area contributed by atoms with E-state index in [1.54, 1.807) is 0 Å². The van der Waals surface area contributed by atoms with Gasteiger partial charge in [-0.05, 0) is 30.7 Å². The lowest BCUT2D eigenvalue weighted by molar-refractivity contribution is -0.137. The van der Waals surface area contributed by atoms with Crippen LogP contribution in [0, 0.1) is 0 Å². The summed E-state index contributed by atoms with van der Waals surface area (Å²) < 4.78 is 67.1. The van der Waals surface area contributed by atoms with E-state index in [1.807, 2.05) is 0 Å². The third-order valence-electron chi connectivity index (χ3n) is 3.23. The van der Waals surface area contributed by atoms with Crippen molar-refractivity contribution in [3.63, 3.8) is 0 Å². The predicted octanol–water partition coefficient (Wildman–Crippen LogP) is 2.93. The molecule has 1 atom stereocenters. The lowest BCUT2D eigenvalue weighted by Crippen LogP contribution is -2.14. The molecular formula is C16H16F3NO4S. The molecule has 0 bridgehead atoms. The van der Waals surface area contributed by atoms with Crippen LogP contribution in [0.5, 0.6) is 5.88 Å². The zero-order valence-electron chi connectivity index (χ0n) is 13.4. The third-order valence-corrected chi connectivity index (χ3v) is 4.36. The molecule has 1 unspecified atom stereocenters. The van der Waals surface area contributed by atoms with Crippen LogP contribution in [0.4, 0.5) is 13.2 Å². The van der Waals surface area contributed by atoms with Crippen molar-refractivity contribution in [3.05, 3.63) is 42.1 Å². The van der Waals surface area contributed by atoms with Crippen LogP contribution < -0.4 is 4.74 Å². The average molecular weight is 375 g/mol. The Morgan fingerprint density at radius 3 is 2.32 bits per heavy atom. The predicted molar refractivity (Wildman–Crippen MR) is 85.0 cm³/mol. The molecule has 0 spiro atoms. The van der Waals surface area contributed by atoms with Gasteiger partial charge in [0, 0.05) is 18.0 Å². The smallest absolute Gasteiger partial charge is 0.417 e. The number of pyridine rings is 1. The van der Waals surface area contributed by atoms with Gasteiger partial charge in [-0.2, -0.15) is 13.2 Å². The number of sulfone groups is 1. The topological polar surface area (TPSA) is 76.5 Å². The minimum atomic E-state index is -4.59. The van der Waals surface area contributed by atoms with Crippen molar-refractivity contribution >= 4 is 9.84 Å². The SMILES string of the molecule is CC(O)COc1ncc(C(F)(F)F)cc1-c1ccc(S(C)(=O)=O)cc1. The molecule has 1 heterocycles. The molecule has 25 heavy (non-hydrogen) atoms. The molecule has 0 aliphatic heterocycles. The van der Waals surface area contributed by atoms with Crippen molar-refractivity contribution < 1.29 is 31.4 Å². The largest absolute Gasteiger partial charge is 0.474 e. The lowest BCUT2D eigenvalue weighted by Gasteiger charge is -2.14. The molecule has 0 saturated carbocycles. The Bertz CT molecular complexity index is 847. The van der Waals surface area contributed by atoms with Crippen molar-refractivity contribution in [2.45, 2.75) is 24.1 Å². The fraction of sp³-hybridized carbons (Fsp3) is 0.312. The first-order chi connectivity index (χ1) is 11.5. The summed E-state index contributed by atoms with van der Waals surface area (Å²) in [5, 5.41) is 9.29. The van der Waals surface area contributed by atoms with Crippen LogP contribution in [0.3, 0.4) is 0 Å². The number of benzene rings is 1. The fourth-order valence-electron chi connectivity index (χ4n) is 2.01. The van der Waals surface area contributed by atoms with Crippen molar-refractivity contribution in [3.8, 4) is 17.0 Å². The highest BCUT2D eigenvalue weighted by molar-refractivity contribution is 7.90. The van der Waals surface area contributed by atoms with Gasteiger partial charge in [-0.15, -0.1) is 0 Å². The number of aromatic nitrogens is 1. The van der Waals surface area contributed by atoms with Crippen LogP contribution in [-0.4, -0.2) is 37.5 Å². The minimum Gasteiger partial charge on any atom is -0.474 e. The number of hydrogen-bond donors (Lipinski definition) is 1. The van der Waals surface area contributed by atoms with E-state index in [0.717, 1.165) is 12.3 Å². The van der Waals surface area contributed by atoms with Gasteiger partial charge in [0.2, 0.25) is 5.88 Å². The van der Waals surface area contributed by atoms with Gasteiger partial charge in [-0.25, -0.2) is 13.4 Å². The summed E-state index contributed by atoms with van der Waals surface area (Å²) in [5.74, 6) is -0.0824. The quantitative estimate of drug-likeness (QED) is 0.870. The van der Waals surface area contributed by atoms with E-state index >= 15 is 0 Å². The van der Waals surface area contributed by atoms with Crippen molar-refractivity contribution in [2.75, 3.05) is 12.9 Å². The van der Waals surface area contributed by atoms with Crippen LogP contribution in [0.1, 0.15) is 12.5 Å². The first-order valence-corrected chi connectivity index (χ1v) is 9.06. The van der Waals surface area contributed by atoms with Crippen LogP contribution in [-0.2, 0) is 16.0 Å². The molecule has 2 aromatic rings. The van der Waals surface area contributed by atoms with Gasteiger partial charge in [0.15, 0.2) is 9.84 Å². The van der Waals surface area contributed by atoms with Crippen LogP contribution in [0.2, 0.25) is 0 Å². The third kappa shape index (κ3) is 4.93. The van der Waals surface area contributed by atoms with Gasteiger partial charge < -0.3 is 9.84 Å². The number of hydrogen-bond acceptors (Lipinski definition) is 5. The van der Waals surface area contributed by atoms with E-state index in [9.17, 15) is 26.7 Å². The van der Waals surface area contributed by atoms with Crippen LogP contribution >= 0.6 is 0 Å². The normalized spacial score (nSPS) is 13.5. The van der Waals surface area contributed by atoms with Gasteiger partial charge in [-0.3, -0.25) is 0 Å². The van der Waals surface area contributed by atoms with E-state index in [1.165, 1.54) is 31.2 Å². The van der Waals surface area contributed by atoms with Crippen molar-refractivity contribution in [1.82, 2.24) is 4.98 Å². The van der Waals surface area contributed by atoms with E-state index in [0.29, 0.717) is 11.8 Å². The maximum absolute atomic E-state index is 12.9. The Labute approximate surface area is 143 Å². The number of aliphatic hydroxyl groups is 1. The maximum Gasteiger partial charge on any atom is 0.417 e. The molecule has 0 aliphatic rings. The van der Waals surface area contributed by atoms with E-state index in [4.69, 9.17) is 4.74 Å². The first-order valence-electron chi connectivity index (χ1n) is 7.17. The molecule has 1 N–H and O–H groups in total. The second-order valence-electron chi connectivity index (χ2n) is 5.53. The Morgan fingerprint density at radius 1 is 1.24 bits per heavy atom. The van der Waals surface area contributed by atoms with Gasteiger partial charge >= 0.3 is 6.18 Å². The van der Waals surface area contributed by atoms with E-state index < -0.39 is 27.7 Å². The average Bonchev–Trinajstić information content (AvgIpc) is 2.51. The molecule has 136 valence electrons. The summed E-state index contributed by atoms with van der Waals surface area (Å²) in [6.07, 6.45) is -3.74. The fourth-order valence-corrected chi connectivity index (χ4v) is 2.64. The zero-order valence-corrected chi connectivity index (χ0v) is 14.2. The second kappa shape index (κ2) is 7.01. The second-order valence-corrected chi connectivity index (χ2v) is 7.55. The number of ether oxygens (including phenoxy) is 1. The number of alkyl halides is 3. The Kier molecular flexibility index (Phi) is 5.38. The molecule has 0 fully saturated rings. The van der Waals surface area contributed by atoms with Gasteiger partial charge in [-0.1, -0.05) is 12.1 Å². The molecule has 0 saturated heterocycles. The molecule has 2 rings (SSSR count). The summed E-state index contributed by atoms with van der Waals surface area (Å²) in [4.78, 5) is 3.74. The first kappa shape index (κ1) is 19.2. The lowest BCUT2D eigenvalue weighted by atomic mass is 10.1.